The zero-order valence-corrected chi connectivity index (χ0v) is 11.2. The number of nitrogens with zero attached hydrogens (tertiary/aromatic N) is 3. The average Bonchev–Trinajstić information content (AvgIpc) is 3.00. The van der Waals surface area contributed by atoms with Crippen molar-refractivity contribution in [3.05, 3.63) is 5.89 Å². The molecule has 1 spiro atoms. The van der Waals surface area contributed by atoms with Crippen LogP contribution in [0.5, 0.6) is 0 Å². The van der Waals surface area contributed by atoms with E-state index in [1.807, 2.05) is 4.90 Å². The van der Waals surface area contributed by atoms with E-state index in [1.54, 1.807) is 0 Å². The van der Waals surface area contributed by atoms with Crippen molar-refractivity contribution in [3.63, 3.8) is 0 Å². The van der Waals surface area contributed by atoms with E-state index in [-0.39, 0.29) is 6.01 Å². The van der Waals surface area contributed by atoms with Gasteiger partial charge in [0.05, 0.1) is 8.07 Å². The fraction of sp³-hybridized carbons (Fsp3) is 0.818. The first-order valence-electron chi connectivity index (χ1n) is 6.55. The monoisotopic (exact) mass is 273 g/mol. The van der Waals surface area contributed by atoms with Gasteiger partial charge in [-0.2, -0.15) is 8.78 Å². The normalized spacial score (nSPS) is 23.2. The molecule has 0 radical (unpaired) electrons. The highest BCUT2D eigenvalue weighted by Crippen LogP contribution is 2.39. The molecule has 4 nitrogen and oxygen atoms in total. The predicted molar refractivity (Wildman–Crippen MR) is 65.7 cm³/mol. The lowest BCUT2D eigenvalue weighted by Gasteiger charge is -2.36. The van der Waals surface area contributed by atoms with Crippen LogP contribution < -0.4 is 4.90 Å². The van der Waals surface area contributed by atoms with Crippen LogP contribution in [0.2, 0.25) is 24.2 Å². The first kappa shape index (κ1) is 12.1. The molecule has 100 valence electrons. The Morgan fingerprint density at radius 3 is 2.28 bits per heavy atom. The van der Waals surface area contributed by atoms with Gasteiger partial charge in [-0.1, -0.05) is 30.0 Å². The minimum absolute atomic E-state index is 0.271. The zero-order valence-electron chi connectivity index (χ0n) is 10.2. The van der Waals surface area contributed by atoms with E-state index < -0.39 is 20.4 Å². The van der Waals surface area contributed by atoms with Gasteiger partial charge in [-0.05, 0) is 12.1 Å². The Balaban J connectivity index is 1.64. The van der Waals surface area contributed by atoms with E-state index in [9.17, 15) is 8.78 Å². The zero-order chi connectivity index (χ0) is 12.6. The second kappa shape index (κ2) is 4.60. The summed E-state index contributed by atoms with van der Waals surface area (Å²) < 4.78 is 29.8. The van der Waals surface area contributed by atoms with Crippen molar-refractivity contribution in [2.75, 3.05) is 18.0 Å². The summed E-state index contributed by atoms with van der Waals surface area (Å²) in [6.07, 6.45) is 0.108. The van der Waals surface area contributed by atoms with Crippen LogP contribution >= 0.6 is 0 Å². The molecule has 18 heavy (non-hydrogen) atoms. The maximum atomic E-state index is 12.4. The van der Waals surface area contributed by atoms with E-state index >= 15 is 0 Å². The molecule has 0 saturated carbocycles. The number of aromatic nitrogens is 2. The minimum Gasteiger partial charge on any atom is -0.402 e. The molecule has 2 aliphatic heterocycles. The molecule has 0 aliphatic carbocycles. The molecule has 2 fully saturated rings. The highest BCUT2D eigenvalue weighted by atomic mass is 28.3. The van der Waals surface area contributed by atoms with Crippen molar-refractivity contribution in [1.29, 1.82) is 0 Å². The standard InChI is InChI=1S/C11H17F2N3OSi/c12-9(13)10-14-15-11(17-10)16-3-7-18(8-4-16)5-1-2-6-18/h9H,1-8H2. The Kier molecular flexibility index (Phi) is 3.09. The lowest BCUT2D eigenvalue weighted by atomic mass is 10.4. The van der Waals surface area contributed by atoms with Gasteiger partial charge in [0, 0.05) is 13.1 Å². The smallest absolute Gasteiger partial charge is 0.318 e. The Morgan fingerprint density at radius 2 is 1.72 bits per heavy atom. The van der Waals surface area contributed by atoms with E-state index in [4.69, 9.17) is 4.42 Å². The molecular formula is C11H17F2N3OSi. The fourth-order valence-electron chi connectivity index (χ4n) is 3.24. The molecule has 3 rings (SSSR count). The summed E-state index contributed by atoms with van der Waals surface area (Å²) in [5.74, 6) is -0.566. The van der Waals surface area contributed by atoms with E-state index in [1.165, 1.54) is 37.0 Å². The second-order valence-electron chi connectivity index (χ2n) is 5.42. The molecule has 0 bridgehead atoms. The maximum absolute atomic E-state index is 12.4. The van der Waals surface area contributed by atoms with Crippen LogP contribution in [0.4, 0.5) is 14.8 Å². The van der Waals surface area contributed by atoms with Gasteiger partial charge < -0.3 is 9.32 Å². The molecular weight excluding hydrogens is 256 g/mol. The summed E-state index contributed by atoms with van der Waals surface area (Å²) in [5, 5.41) is 7.10. The molecule has 1 aromatic heterocycles. The van der Waals surface area contributed by atoms with Gasteiger partial charge in [-0.25, -0.2) is 0 Å². The number of hydrogen-bond acceptors (Lipinski definition) is 4. The lowest BCUT2D eigenvalue weighted by molar-refractivity contribution is 0.115. The molecule has 1 aromatic rings. The van der Waals surface area contributed by atoms with Gasteiger partial charge >= 0.3 is 12.4 Å². The van der Waals surface area contributed by atoms with Gasteiger partial charge in [0.15, 0.2) is 0 Å². The molecule has 2 aliphatic rings. The average molecular weight is 273 g/mol. The summed E-state index contributed by atoms with van der Waals surface area (Å²) in [6.45, 7) is 1.80. The summed E-state index contributed by atoms with van der Waals surface area (Å²) >= 11 is 0. The third-order valence-electron chi connectivity index (χ3n) is 4.38. The van der Waals surface area contributed by atoms with Crippen molar-refractivity contribution < 1.29 is 13.2 Å². The Hall–Kier alpha value is -0.983. The molecule has 2 saturated heterocycles. The van der Waals surface area contributed by atoms with Crippen LogP contribution in [0.3, 0.4) is 0 Å². The van der Waals surface area contributed by atoms with Crippen molar-refractivity contribution in [3.8, 4) is 0 Å². The molecule has 0 N–H and O–H groups in total. The SMILES string of the molecule is FC(F)c1nnc(N2CC[Si]3(CCCC3)CC2)o1. The van der Waals surface area contributed by atoms with E-state index in [2.05, 4.69) is 10.2 Å². The topological polar surface area (TPSA) is 42.2 Å². The van der Waals surface area contributed by atoms with Crippen LogP contribution in [0, 0.1) is 0 Å². The van der Waals surface area contributed by atoms with Crippen molar-refractivity contribution >= 4 is 14.1 Å². The Bertz CT molecular complexity index is 410. The Labute approximate surface area is 105 Å². The largest absolute Gasteiger partial charge is 0.402 e. The van der Waals surface area contributed by atoms with Gasteiger partial charge in [0.2, 0.25) is 0 Å². The molecule has 0 atom stereocenters. The molecule has 3 heterocycles. The second-order valence-corrected chi connectivity index (χ2v) is 10.4. The third kappa shape index (κ3) is 2.15. The van der Waals surface area contributed by atoms with Crippen LogP contribution in [0.15, 0.2) is 4.42 Å². The van der Waals surface area contributed by atoms with Crippen molar-refractivity contribution in [1.82, 2.24) is 10.2 Å². The van der Waals surface area contributed by atoms with Gasteiger partial charge in [0.25, 0.3) is 5.89 Å². The predicted octanol–water partition coefficient (Wildman–Crippen LogP) is 3.07. The number of halogens is 2. The first-order valence-corrected chi connectivity index (χ1v) is 9.38. The highest BCUT2D eigenvalue weighted by Gasteiger charge is 2.39. The first-order chi connectivity index (χ1) is 8.69. The molecule has 0 amide bonds. The summed E-state index contributed by atoms with van der Waals surface area (Å²) in [7, 11) is -0.989. The maximum Gasteiger partial charge on any atom is 0.318 e. The summed E-state index contributed by atoms with van der Waals surface area (Å²) in [6, 6.07) is 5.67. The van der Waals surface area contributed by atoms with Crippen molar-refractivity contribution in [2.45, 2.75) is 43.4 Å². The summed E-state index contributed by atoms with van der Waals surface area (Å²) in [5.41, 5.74) is 0. The van der Waals surface area contributed by atoms with Crippen LogP contribution in [0.25, 0.3) is 0 Å². The quantitative estimate of drug-likeness (QED) is 0.777. The number of hydrogen-bond donors (Lipinski definition) is 0. The van der Waals surface area contributed by atoms with Crippen molar-refractivity contribution in [2.24, 2.45) is 0 Å². The van der Waals surface area contributed by atoms with E-state index in [0.29, 0.717) is 0 Å². The number of alkyl halides is 2. The fourth-order valence-corrected chi connectivity index (χ4v) is 8.23. The molecule has 0 unspecified atom stereocenters. The lowest BCUT2D eigenvalue weighted by Crippen LogP contribution is -2.45. The van der Waals surface area contributed by atoms with Gasteiger partial charge in [-0.15, -0.1) is 5.10 Å². The summed E-state index contributed by atoms with van der Waals surface area (Å²) in [4.78, 5) is 1.97. The molecule has 7 heteroatoms. The Morgan fingerprint density at radius 1 is 1.06 bits per heavy atom. The highest BCUT2D eigenvalue weighted by molar-refractivity contribution is 6.80. The van der Waals surface area contributed by atoms with E-state index in [0.717, 1.165) is 13.1 Å². The third-order valence-corrected chi connectivity index (χ3v) is 9.77. The minimum atomic E-state index is -2.67. The van der Waals surface area contributed by atoms with Gasteiger partial charge in [0.1, 0.15) is 0 Å². The number of rotatable bonds is 2. The van der Waals surface area contributed by atoms with Crippen LogP contribution in [-0.2, 0) is 0 Å². The molecule has 0 aromatic carbocycles. The van der Waals surface area contributed by atoms with Crippen LogP contribution in [0.1, 0.15) is 25.2 Å². The van der Waals surface area contributed by atoms with Gasteiger partial charge in [-0.3, -0.25) is 0 Å². The number of anilines is 1. The van der Waals surface area contributed by atoms with Crippen LogP contribution in [-0.4, -0.2) is 31.4 Å².